The number of hydrogen-bond donors (Lipinski definition) is 1. The van der Waals surface area contributed by atoms with Gasteiger partial charge in [0.1, 0.15) is 19.0 Å². The Bertz CT molecular complexity index is 630. The van der Waals surface area contributed by atoms with Crippen molar-refractivity contribution in [2.24, 2.45) is 5.92 Å². The van der Waals surface area contributed by atoms with Gasteiger partial charge in [0.15, 0.2) is 0 Å². The Hall–Kier alpha value is -2.07. The molecule has 0 saturated carbocycles. The van der Waals surface area contributed by atoms with E-state index >= 15 is 0 Å². The zero-order chi connectivity index (χ0) is 19.5. The van der Waals surface area contributed by atoms with Gasteiger partial charge < -0.3 is 14.6 Å². The number of esters is 1. The molecule has 1 unspecified atom stereocenters. The van der Waals surface area contributed by atoms with Gasteiger partial charge in [-0.3, -0.25) is 0 Å². The van der Waals surface area contributed by atoms with Crippen LogP contribution in [0.4, 0.5) is 0 Å². The number of carbonyl (C=O) groups excluding carboxylic acids is 1. The molecule has 0 spiro atoms. The van der Waals surface area contributed by atoms with E-state index < -0.39 is 12.6 Å². The highest BCUT2D eigenvalue weighted by molar-refractivity contribution is 5.87. The number of rotatable bonds is 11. The molecule has 0 bridgehead atoms. The van der Waals surface area contributed by atoms with Crippen molar-refractivity contribution in [2.45, 2.75) is 51.9 Å². The summed E-state index contributed by atoms with van der Waals surface area (Å²) in [6.45, 7) is 5.68. The van der Waals surface area contributed by atoms with Gasteiger partial charge in [0.05, 0.1) is 12.2 Å². The van der Waals surface area contributed by atoms with Crippen LogP contribution in [0.25, 0.3) is 5.57 Å². The Kier molecular flexibility index (Phi) is 9.12. The number of ether oxygens (including phenoxy) is 2. The van der Waals surface area contributed by atoms with Crippen LogP contribution in [-0.2, 0) is 9.53 Å². The van der Waals surface area contributed by atoms with Crippen molar-refractivity contribution in [3.63, 3.8) is 0 Å². The van der Waals surface area contributed by atoms with Crippen molar-refractivity contribution in [1.29, 1.82) is 0 Å². The predicted octanol–water partition coefficient (Wildman–Crippen LogP) is 4.92. The van der Waals surface area contributed by atoms with Gasteiger partial charge in [0.25, 0.3) is 0 Å². The smallest absolute Gasteiger partial charge is 0.335 e. The van der Waals surface area contributed by atoms with Gasteiger partial charge in [0, 0.05) is 0 Å². The minimum absolute atomic E-state index is 0.0488. The van der Waals surface area contributed by atoms with Crippen LogP contribution in [-0.4, -0.2) is 30.9 Å². The van der Waals surface area contributed by atoms with Crippen molar-refractivity contribution < 1.29 is 19.4 Å². The zero-order valence-corrected chi connectivity index (χ0v) is 16.4. The number of allylic oxidation sites excluding steroid dienone is 2. The lowest BCUT2D eigenvalue weighted by Gasteiger charge is -2.22. The molecule has 1 N–H and O–H groups in total. The average molecular weight is 373 g/mol. The van der Waals surface area contributed by atoms with Crippen LogP contribution >= 0.6 is 0 Å². The Labute approximate surface area is 162 Å². The molecule has 27 heavy (non-hydrogen) atoms. The Morgan fingerprint density at radius 1 is 1.22 bits per heavy atom. The maximum absolute atomic E-state index is 11.4. The molecule has 0 saturated heterocycles. The van der Waals surface area contributed by atoms with Crippen molar-refractivity contribution in [1.82, 2.24) is 0 Å². The van der Waals surface area contributed by atoms with E-state index in [-0.39, 0.29) is 18.8 Å². The highest BCUT2D eigenvalue weighted by Gasteiger charge is 2.15. The second kappa shape index (κ2) is 11.6. The van der Waals surface area contributed by atoms with Crippen molar-refractivity contribution >= 4 is 11.5 Å². The largest absolute Gasteiger partial charge is 0.490 e. The molecule has 1 aliphatic rings. The number of carbonyl (C=O) groups is 1. The molecule has 148 valence electrons. The van der Waals surface area contributed by atoms with Crippen LogP contribution in [0.5, 0.6) is 5.75 Å². The van der Waals surface area contributed by atoms with Crippen molar-refractivity contribution in [3.05, 3.63) is 48.1 Å². The third kappa shape index (κ3) is 7.22. The minimum atomic E-state index is -0.589. The first-order valence-electron chi connectivity index (χ1n) is 10.0. The van der Waals surface area contributed by atoms with E-state index in [2.05, 4.69) is 31.7 Å². The molecule has 4 heteroatoms. The fourth-order valence-electron chi connectivity index (χ4n) is 3.32. The van der Waals surface area contributed by atoms with E-state index in [1.807, 2.05) is 12.1 Å². The number of unbranched alkanes of at least 4 members (excludes halogenated alkanes) is 2. The molecule has 0 radical (unpaired) electrons. The molecule has 0 heterocycles. The number of benzene rings is 1. The highest BCUT2D eigenvalue weighted by atomic mass is 16.6. The topological polar surface area (TPSA) is 55.8 Å². The average Bonchev–Trinajstić information content (AvgIpc) is 2.71. The van der Waals surface area contributed by atoms with E-state index in [1.54, 1.807) is 0 Å². The number of aliphatic hydroxyl groups is 1. The van der Waals surface area contributed by atoms with Crippen LogP contribution in [0.1, 0.15) is 57.4 Å². The fourth-order valence-corrected chi connectivity index (χ4v) is 3.32. The summed E-state index contributed by atoms with van der Waals surface area (Å²) in [4.78, 5) is 11.4. The van der Waals surface area contributed by atoms with Gasteiger partial charge in [-0.2, -0.15) is 0 Å². The molecule has 0 fully saturated rings. The maximum Gasteiger partial charge on any atom is 0.335 e. The summed E-state index contributed by atoms with van der Waals surface area (Å²) in [5, 5.41) is 8.80. The summed E-state index contributed by atoms with van der Waals surface area (Å²) in [7, 11) is 0. The summed E-state index contributed by atoms with van der Waals surface area (Å²) < 4.78 is 10.5. The summed E-state index contributed by atoms with van der Waals surface area (Å²) in [6, 6.07) is 8.10. The Balaban J connectivity index is 1.73. The first kappa shape index (κ1) is 21.2. The second-order valence-electron chi connectivity index (χ2n) is 7.14. The van der Waals surface area contributed by atoms with Crippen LogP contribution in [0.3, 0.4) is 0 Å². The van der Waals surface area contributed by atoms with Gasteiger partial charge in [-0.05, 0) is 48.4 Å². The Morgan fingerprint density at radius 2 is 2.00 bits per heavy atom. The quantitative estimate of drug-likeness (QED) is 0.340. The molecule has 0 aromatic heterocycles. The van der Waals surface area contributed by atoms with Crippen LogP contribution in [0, 0.1) is 5.92 Å². The van der Waals surface area contributed by atoms with Gasteiger partial charge in [-0.25, -0.2) is 4.79 Å². The molecular formula is C23H32O4. The number of hydrogen-bond acceptors (Lipinski definition) is 4. The summed E-state index contributed by atoms with van der Waals surface area (Å²) in [5.74, 6) is 1.02. The molecule has 1 aromatic carbocycles. The van der Waals surface area contributed by atoms with E-state index in [1.165, 1.54) is 49.7 Å². The normalized spacial score (nSPS) is 16.5. The third-order valence-electron chi connectivity index (χ3n) is 5.03. The molecule has 2 rings (SSSR count). The summed E-state index contributed by atoms with van der Waals surface area (Å²) in [5.41, 5.74) is 2.75. The van der Waals surface area contributed by atoms with Crippen LogP contribution < -0.4 is 4.74 Å². The van der Waals surface area contributed by atoms with Gasteiger partial charge in [0.2, 0.25) is 0 Å². The van der Waals surface area contributed by atoms with Gasteiger partial charge in [-0.1, -0.05) is 57.4 Å². The van der Waals surface area contributed by atoms with Gasteiger partial charge >= 0.3 is 5.97 Å². The van der Waals surface area contributed by atoms with E-state index in [9.17, 15) is 4.79 Å². The monoisotopic (exact) mass is 372 g/mol. The van der Waals surface area contributed by atoms with Crippen molar-refractivity contribution in [2.75, 3.05) is 19.8 Å². The van der Waals surface area contributed by atoms with E-state index in [4.69, 9.17) is 14.6 Å². The SMILES string of the molecule is C=C(CO)C(=O)OCCOc1ccc(C2=CCC(CCCCC)CC2)cc1. The lowest BCUT2D eigenvalue weighted by atomic mass is 9.84. The first-order valence-corrected chi connectivity index (χ1v) is 10.0. The lowest BCUT2D eigenvalue weighted by molar-refractivity contribution is -0.140. The second-order valence-corrected chi connectivity index (χ2v) is 7.14. The molecular weight excluding hydrogens is 340 g/mol. The molecule has 0 amide bonds. The molecule has 1 atom stereocenters. The predicted molar refractivity (Wildman–Crippen MR) is 109 cm³/mol. The zero-order valence-electron chi connectivity index (χ0n) is 16.4. The fraction of sp³-hybridized carbons (Fsp3) is 0.522. The standard InChI is InChI=1S/C23H32O4/c1-3-4-5-6-19-7-9-20(10-8-19)21-11-13-22(14-12-21)26-15-16-27-23(25)18(2)17-24/h9,11-14,19,24H,2-8,10,15-17H2,1H3. The number of aliphatic hydroxyl groups excluding tert-OH is 1. The first-order chi connectivity index (χ1) is 13.1. The third-order valence-corrected chi connectivity index (χ3v) is 5.03. The van der Waals surface area contributed by atoms with Crippen LogP contribution in [0.15, 0.2) is 42.5 Å². The van der Waals surface area contributed by atoms with Crippen LogP contribution in [0.2, 0.25) is 0 Å². The van der Waals surface area contributed by atoms with E-state index in [0.29, 0.717) is 0 Å². The molecule has 1 aromatic rings. The Morgan fingerprint density at radius 3 is 2.63 bits per heavy atom. The lowest BCUT2D eigenvalue weighted by Crippen LogP contribution is -2.15. The molecule has 1 aliphatic carbocycles. The van der Waals surface area contributed by atoms with Crippen molar-refractivity contribution in [3.8, 4) is 5.75 Å². The molecule has 4 nitrogen and oxygen atoms in total. The molecule has 0 aliphatic heterocycles. The maximum atomic E-state index is 11.4. The summed E-state index contributed by atoms with van der Waals surface area (Å²) >= 11 is 0. The van der Waals surface area contributed by atoms with E-state index in [0.717, 1.165) is 18.1 Å². The highest BCUT2D eigenvalue weighted by Crippen LogP contribution is 2.33. The van der Waals surface area contributed by atoms with Gasteiger partial charge in [-0.15, -0.1) is 0 Å². The minimum Gasteiger partial charge on any atom is -0.490 e. The summed E-state index contributed by atoms with van der Waals surface area (Å²) in [6.07, 6.45) is 11.4.